The fourth-order valence-electron chi connectivity index (χ4n) is 2.19. The molecule has 0 N–H and O–H groups in total. The lowest BCUT2D eigenvalue weighted by Gasteiger charge is -2.19. The molecule has 0 spiro atoms. The molecule has 0 aliphatic heterocycles. The Labute approximate surface area is 146 Å². The molecule has 24 heavy (non-hydrogen) atoms. The predicted octanol–water partition coefficient (Wildman–Crippen LogP) is 1.84. The molecule has 0 unspecified atom stereocenters. The highest BCUT2D eigenvalue weighted by Crippen LogP contribution is 2.13. The van der Waals surface area contributed by atoms with Gasteiger partial charge < -0.3 is 4.57 Å². The van der Waals surface area contributed by atoms with Gasteiger partial charge in [0.2, 0.25) is 10.0 Å². The summed E-state index contributed by atoms with van der Waals surface area (Å²) in [5.41, 5.74) is 0.794. The Balaban J connectivity index is 2.20. The van der Waals surface area contributed by atoms with Crippen molar-refractivity contribution in [2.24, 2.45) is 0 Å². The lowest BCUT2D eigenvalue weighted by Crippen LogP contribution is -2.30. The normalized spacial score (nSPS) is 12.1. The van der Waals surface area contributed by atoms with Crippen LogP contribution in [0, 0.1) is 0 Å². The van der Waals surface area contributed by atoms with Crippen LogP contribution in [0.15, 0.2) is 52.3 Å². The summed E-state index contributed by atoms with van der Waals surface area (Å²) in [7, 11) is 1.19. The summed E-state index contributed by atoms with van der Waals surface area (Å²) >= 11 is 5.86. The van der Waals surface area contributed by atoms with Crippen molar-refractivity contribution in [3.63, 3.8) is 0 Å². The van der Waals surface area contributed by atoms with Crippen molar-refractivity contribution in [1.29, 1.82) is 0 Å². The molecule has 0 amide bonds. The molecule has 1 aromatic heterocycles. The number of nitrogens with zero attached hydrogens (tertiary/aromatic N) is 3. The maximum atomic E-state index is 12.2. The minimum atomic E-state index is -3.58. The van der Waals surface area contributed by atoms with Gasteiger partial charge in [0.1, 0.15) is 0 Å². The Morgan fingerprint density at radius 2 is 1.67 bits per heavy atom. The van der Waals surface area contributed by atoms with Crippen molar-refractivity contribution >= 4 is 21.6 Å². The minimum Gasteiger partial charge on any atom is -0.301 e. The highest BCUT2D eigenvalue weighted by atomic mass is 35.5. The molecule has 0 radical (unpaired) electrons. The third-order valence-electron chi connectivity index (χ3n) is 3.49. The molecule has 2 rings (SSSR count). The molecule has 0 bridgehead atoms. The molecule has 1 heterocycles. The Morgan fingerprint density at radius 1 is 1.04 bits per heavy atom. The van der Waals surface area contributed by atoms with E-state index in [9.17, 15) is 13.2 Å². The lowest BCUT2D eigenvalue weighted by atomic mass is 10.2. The fraction of sp³-hybridized carbons (Fsp3) is 0.312. The lowest BCUT2D eigenvalue weighted by molar-refractivity contribution is 0.255. The van der Waals surface area contributed by atoms with Crippen LogP contribution >= 0.6 is 11.6 Å². The van der Waals surface area contributed by atoms with E-state index in [2.05, 4.69) is 0 Å². The number of hydrogen-bond acceptors (Lipinski definition) is 4. The van der Waals surface area contributed by atoms with Gasteiger partial charge in [-0.1, -0.05) is 23.7 Å². The van der Waals surface area contributed by atoms with Gasteiger partial charge >= 0.3 is 0 Å². The largest absolute Gasteiger partial charge is 0.301 e. The van der Waals surface area contributed by atoms with Crippen LogP contribution < -0.4 is 5.56 Å². The van der Waals surface area contributed by atoms with Crippen molar-refractivity contribution in [2.45, 2.75) is 18.1 Å². The van der Waals surface area contributed by atoms with Crippen LogP contribution in [0.3, 0.4) is 0 Å². The first-order valence-corrected chi connectivity index (χ1v) is 9.08. The van der Waals surface area contributed by atoms with Crippen LogP contribution in [0.25, 0.3) is 0 Å². The quantitative estimate of drug-likeness (QED) is 0.779. The predicted molar refractivity (Wildman–Crippen MR) is 94.5 cm³/mol. The zero-order valence-corrected chi connectivity index (χ0v) is 15.4. The summed E-state index contributed by atoms with van der Waals surface area (Å²) < 4.78 is 26.9. The van der Waals surface area contributed by atoms with E-state index in [1.54, 1.807) is 12.1 Å². The van der Waals surface area contributed by atoms with Gasteiger partial charge in [-0.3, -0.25) is 9.69 Å². The van der Waals surface area contributed by atoms with Gasteiger partial charge in [-0.05, 0) is 30.8 Å². The van der Waals surface area contributed by atoms with E-state index >= 15 is 0 Å². The molecule has 8 heteroatoms. The molecular formula is C16H20ClN3O3S. The van der Waals surface area contributed by atoms with Gasteiger partial charge in [0.25, 0.3) is 5.56 Å². The molecule has 2 aromatic rings. The van der Waals surface area contributed by atoms with Gasteiger partial charge in [0.05, 0.1) is 11.6 Å². The van der Waals surface area contributed by atoms with Crippen molar-refractivity contribution in [3.8, 4) is 0 Å². The zero-order valence-electron chi connectivity index (χ0n) is 13.8. The van der Waals surface area contributed by atoms with Gasteiger partial charge in [-0.2, -0.15) is 0 Å². The molecule has 0 atom stereocenters. The van der Waals surface area contributed by atoms with E-state index < -0.39 is 10.0 Å². The fourth-order valence-corrected chi connectivity index (χ4v) is 3.24. The maximum absolute atomic E-state index is 12.2. The first-order chi connectivity index (χ1) is 11.2. The third-order valence-corrected chi connectivity index (χ3v) is 5.55. The van der Waals surface area contributed by atoms with Gasteiger partial charge in [0, 0.05) is 37.9 Å². The van der Waals surface area contributed by atoms with Crippen molar-refractivity contribution in [2.75, 3.05) is 21.1 Å². The second-order valence-corrected chi connectivity index (χ2v) is 8.33. The number of benzene rings is 1. The summed E-state index contributed by atoms with van der Waals surface area (Å²) in [6, 6.07) is 10.0. The Hall–Kier alpha value is -1.67. The minimum absolute atomic E-state index is 0.0898. The standard InChI is InChI=1S/C16H20ClN3O3S/c1-18(2)24(22,23)15-8-9-16(21)20(11-15)12-19(3)10-13-4-6-14(17)7-5-13/h4-9,11H,10,12H2,1-3H3. The number of hydrogen-bond donors (Lipinski definition) is 0. The van der Waals surface area contributed by atoms with Crippen LogP contribution in [-0.2, 0) is 23.2 Å². The van der Waals surface area contributed by atoms with Gasteiger partial charge in [-0.25, -0.2) is 12.7 Å². The molecule has 0 fully saturated rings. The Morgan fingerprint density at radius 3 is 2.25 bits per heavy atom. The zero-order chi connectivity index (χ0) is 17.9. The van der Waals surface area contributed by atoms with Crippen LogP contribution in [0.4, 0.5) is 0 Å². The summed E-state index contributed by atoms with van der Waals surface area (Å²) in [5, 5.41) is 0.666. The van der Waals surface area contributed by atoms with Crippen molar-refractivity contribution in [1.82, 2.24) is 13.8 Å². The average molecular weight is 370 g/mol. The van der Waals surface area contributed by atoms with Crippen LogP contribution in [0.5, 0.6) is 0 Å². The van der Waals surface area contributed by atoms with E-state index in [0.717, 1.165) is 9.87 Å². The highest BCUT2D eigenvalue weighted by molar-refractivity contribution is 7.89. The van der Waals surface area contributed by atoms with E-state index in [1.807, 2.05) is 24.1 Å². The molecule has 1 aromatic carbocycles. The summed E-state index contributed by atoms with van der Waals surface area (Å²) in [5.74, 6) is 0. The summed E-state index contributed by atoms with van der Waals surface area (Å²) in [6.45, 7) is 0.881. The topological polar surface area (TPSA) is 62.6 Å². The molecule has 0 aliphatic carbocycles. The molecule has 6 nitrogen and oxygen atoms in total. The first-order valence-electron chi connectivity index (χ1n) is 7.26. The number of halogens is 1. The second-order valence-electron chi connectivity index (χ2n) is 5.74. The number of sulfonamides is 1. The first kappa shape index (κ1) is 18.7. The van der Waals surface area contributed by atoms with Gasteiger partial charge in [0.15, 0.2) is 0 Å². The van der Waals surface area contributed by atoms with Crippen LogP contribution in [0.1, 0.15) is 5.56 Å². The molecule has 130 valence electrons. The van der Waals surface area contributed by atoms with Gasteiger partial charge in [-0.15, -0.1) is 0 Å². The van der Waals surface area contributed by atoms with Crippen molar-refractivity contribution in [3.05, 3.63) is 63.5 Å². The molecule has 0 saturated heterocycles. The van der Waals surface area contributed by atoms with E-state index in [0.29, 0.717) is 11.6 Å². The Bertz CT molecular complexity index is 861. The molecular weight excluding hydrogens is 350 g/mol. The third kappa shape index (κ3) is 4.45. The number of aromatic nitrogens is 1. The number of rotatable bonds is 6. The van der Waals surface area contributed by atoms with Crippen molar-refractivity contribution < 1.29 is 8.42 Å². The number of pyridine rings is 1. The smallest absolute Gasteiger partial charge is 0.251 e. The van der Waals surface area contributed by atoms with E-state index in [1.165, 1.54) is 37.0 Å². The average Bonchev–Trinajstić information content (AvgIpc) is 2.51. The van der Waals surface area contributed by atoms with Crippen LogP contribution in [0.2, 0.25) is 5.02 Å². The molecule has 0 aliphatic rings. The molecule has 0 saturated carbocycles. The summed E-state index contributed by atoms with van der Waals surface area (Å²) in [4.78, 5) is 14.0. The monoisotopic (exact) mass is 369 g/mol. The second kappa shape index (κ2) is 7.48. The van der Waals surface area contributed by atoms with E-state index in [4.69, 9.17) is 11.6 Å². The van der Waals surface area contributed by atoms with E-state index in [-0.39, 0.29) is 17.1 Å². The maximum Gasteiger partial charge on any atom is 0.251 e. The van der Waals surface area contributed by atoms with Crippen LogP contribution in [-0.4, -0.2) is 43.3 Å². The highest BCUT2D eigenvalue weighted by Gasteiger charge is 2.18. The summed E-state index contributed by atoms with van der Waals surface area (Å²) in [6.07, 6.45) is 1.37. The SMILES string of the molecule is CN(Cc1ccc(Cl)cc1)Cn1cc(S(=O)(=O)N(C)C)ccc1=O. The Kier molecular flexibility index (Phi) is 5.82.